The maximum Gasteiger partial charge on any atom is 0.335 e. The van der Waals surface area contributed by atoms with Crippen LogP contribution in [0.2, 0.25) is 0 Å². The lowest BCUT2D eigenvalue weighted by Crippen LogP contribution is -2.73. The fraction of sp³-hybridized carbons (Fsp3) is 0.852. The zero-order valence-corrected chi connectivity index (χ0v) is 51.8. The Bertz CT molecular complexity index is 2670. The number of ether oxygens (including phenoxy) is 11. The van der Waals surface area contributed by atoms with Gasteiger partial charge in [-0.1, -0.05) is 59.3 Å². The number of esters is 3. The fourth-order valence-electron chi connectivity index (χ4n) is 17.3. The van der Waals surface area contributed by atoms with Gasteiger partial charge in [0.05, 0.1) is 43.4 Å². The molecule has 28 nitrogen and oxygen atoms in total. The predicted molar refractivity (Wildman–Crippen MR) is 298 cm³/mol. The Morgan fingerprint density at radius 1 is 0.629 bits per heavy atom. The number of carboxylic acid groups (broad SMARTS) is 1. The Morgan fingerprint density at radius 3 is 1.85 bits per heavy atom. The van der Waals surface area contributed by atoms with Crippen molar-refractivity contribution in [2.24, 2.45) is 50.2 Å². The molecule has 0 aromatic carbocycles. The molecule has 4 saturated carbocycles. The largest absolute Gasteiger partial charge is 0.479 e. The number of fused-ring (bicyclic) bond motifs is 7. The van der Waals surface area contributed by atoms with Crippen molar-refractivity contribution in [3.8, 4) is 0 Å². The van der Waals surface area contributed by atoms with Crippen LogP contribution < -0.4 is 0 Å². The smallest absolute Gasteiger partial charge is 0.335 e. The standard InChI is InChI=1S/C61H92O28/c1-11-25(2)51(78)89-48-49(82-27(4)66)61(24-64)29(18-56(48,5)6)28-12-13-34-57(7)16-15-35(58(8,23-63)33(57)14-17-59(34,9)60(28,10)19-36(61)81-26(3)65)84-55-47(88-53-42(74)40(72)39(71)32(20-62)83-53)44(43(75)45(86-55)50(76)77)85-54-46(38(70)31(68)22-80-54)87-52-41(73)37(69)30(67)21-79-52/h11-12,23,29-49,52-55,62,64,67-75H,13-22,24H2,1-10H3,(H,76,77)/t29-,30+,31-,32+,33+,34+,35-,36+,37-,38-,39-,40-,41+,42+,43-,44-,45-,46+,47+,48-,49-,52-,53-,54-,55+,57-,58-,59+,60+,61-/m0/s1. The van der Waals surface area contributed by atoms with Gasteiger partial charge < -0.3 is 118 Å². The normalized spacial score (nSPS) is 49.7. The van der Waals surface area contributed by atoms with E-state index in [0.29, 0.717) is 37.7 Å². The van der Waals surface area contributed by atoms with Crippen molar-refractivity contribution in [3.63, 3.8) is 0 Å². The molecule has 89 heavy (non-hydrogen) atoms. The quantitative estimate of drug-likeness (QED) is 0.0210. The van der Waals surface area contributed by atoms with Gasteiger partial charge in [0.25, 0.3) is 0 Å². The number of aliphatic hydroxyl groups excluding tert-OH is 11. The molecule has 8 fully saturated rings. The maximum absolute atomic E-state index is 14.3. The highest BCUT2D eigenvalue weighted by Gasteiger charge is 2.75. The molecule has 5 aliphatic carbocycles. The Kier molecular flexibility index (Phi) is 20.2. The summed E-state index contributed by atoms with van der Waals surface area (Å²) in [5.41, 5.74) is -4.65. The average Bonchev–Trinajstić information content (AvgIpc) is 0.669. The highest BCUT2D eigenvalue weighted by molar-refractivity contribution is 5.87. The van der Waals surface area contributed by atoms with E-state index < -0.39 is 230 Å². The van der Waals surface area contributed by atoms with Crippen LogP contribution in [-0.4, -0.2) is 253 Å². The molecular formula is C61H92O28. The van der Waals surface area contributed by atoms with Gasteiger partial charge in [0.15, 0.2) is 37.4 Å². The van der Waals surface area contributed by atoms with E-state index in [1.165, 1.54) is 13.8 Å². The topological polar surface area (TPSA) is 430 Å². The summed E-state index contributed by atoms with van der Waals surface area (Å²) in [5.74, 6) is -5.02. The molecule has 0 aromatic heterocycles. The molecule has 4 heterocycles. The first-order valence-corrected chi connectivity index (χ1v) is 30.7. The van der Waals surface area contributed by atoms with E-state index in [0.717, 1.165) is 11.9 Å². The number of aldehydes is 1. The van der Waals surface area contributed by atoms with Gasteiger partial charge in [-0.3, -0.25) is 9.59 Å². The first-order valence-electron chi connectivity index (χ1n) is 30.7. The number of rotatable bonds is 16. The van der Waals surface area contributed by atoms with Crippen molar-refractivity contribution in [3.05, 3.63) is 23.3 Å². The summed E-state index contributed by atoms with van der Waals surface area (Å²) < 4.78 is 67.1. The maximum atomic E-state index is 14.3. The molecule has 4 saturated heterocycles. The van der Waals surface area contributed by atoms with Crippen molar-refractivity contribution >= 4 is 30.2 Å². The second kappa shape index (κ2) is 25.9. The van der Waals surface area contributed by atoms with Crippen LogP contribution in [0.3, 0.4) is 0 Å². The van der Waals surface area contributed by atoms with Crippen LogP contribution in [0.4, 0.5) is 0 Å². The molecule has 0 aromatic rings. The first kappa shape index (κ1) is 69.6. The highest BCUT2D eigenvalue weighted by Crippen LogP contribution is 2.76. The summed E-state index contributed by atoms with van der Waals surface area (Å²) >= 11 is 0. The van der Waals surface area contributed by atoms with Crippen molar-refractivity contribution < 1.29 is 137 Å². The van der Waals surface area contributed by atoms with E-state index in [9.17, 15) is 85.3 Å². The van der Waals surface area contributed by atoms with Gasteiger partial charge in [0.1, 0.15) is 97.8 Å². The van der Waals surface area contributed by atoms with Gasteiger partial charge in [-0.25, -0.2) is 9.59 Å². The van der Waals surface area contributed by atoms with Gasteiger partial charge in [-0.05, 0) is 92.8 Å². The molecule has 4 aliphatic heterocycles. The fourth-order valence-corrected chi connectivity index (χ4v) is 17.3. The Morgan fingerprint density at radius 2 is 1.25 bits per heavy atom. The van der Waals surface area contributed by atoms with Crippen LogP contribution in [0.5, 0.6) is 0 Å². The lowest BCUT2D eigenvalue weighted by Gasteiger charge is -2.72. The summed E-state index contributed by atoms with van der Waals surface area (Å²) in [6, 6.07) is 0. The van der Waals surface area contributed by atoms with E-state index in [4.69, 9.17) is 52.1 Å². The number of aliphatic carboxylic acids is 1. The van der Waals surface area contributed by atoms with E-state index in [2.05, 4.69) is 26.8 Å². The molecule has 0 radical (unpaired) electrons. The zero-order chi connectivity index (χ0) is 65.6. The van der Waals surface area contributed by atoms with E-state index in [-0.39, 0.29) is 18.8 Å². The van der Waals surface area contributed by atoms with E-state index in [1.54, 1.807) is 26.8 Å². The third-order valence-corrected chi connectivity index (χ3v) is 22.5. The van der Waals surface area contributed by atoms with E-state index >= 15 is 0 Å². The molecule has 0 amide bonds. The molecule has 0 unspecified atom stereocenters. The van der Waals surface area contributed by atoms with Crippen molar-refractivity contribution in [1.29, 1.82) is 0 Å². The van der Waals surface area contributed by atoms with Crippen LogP contribution in [0.15, 0.2) is 23.3 Å². The lowest BCUT2D eigenvalue weighted by molar-refractivity contribution is -0.398. The minimum absolute atomic E-state index is 0.0912. The second-order valence-electron chi connectivity index (χ2n) is 27.9. The molecule has 28 heteroatoms. The second-order valence-corrected chi connectivity index (χ2v) is 27.9. The number of hydrogen-bond donors (Lipinski definition) is 12. The van der Waals surface area contributed by atoms with Crippen molar-refractivity contribution in [1.82, 2.24) is 0 Å². The number of carbonyl (C=O) groups is 5. The average molecular weight is 1270 g/mol. The summed E-state index contributed by atoms with van der Waals surface area (Å²) in [5, 5.41) is 131. The van der Waals surface area contributed by atoms with Crippen LogP contribution in [0, 0.1) is 50.2 Å². The van der Waals surface area contributed by atoms with Crippen molar-refractivity contribution in [2.75, 3.05) is 26.4 Å². The number of hydrogen-bond acceptors (Lipinski definition) is 27. The summed E-state index contributed by atoms with van der Waals surface area (Å²) in [7, 11) is 0. The highest BCUT2D eigenvalue weighted by atomic mass is 16.8. The number of aliphatic hydroxyl groups is 11. The molecule has 504 valence electrons. The molecule has 9 rings (SSSR count). The van der Waals surface area contributed by atoms with Crippen LogP contribution >= 0.6 is 0 Å². The molecular weight excluding hydrogens is 1180 g/mol. The Labute approximate surface area is 515 Å². The Balaban J connectivity index is 1.07. The van der Waals surface area contributed by atoms with Gasteiger partial charge in [-0.15, -0.1) is 0 Å². The predicted octanol–water partition coefficient (Wildman–Crippen LogP) is -1.44. The minimum Gasteiger partial charge on any atom is -0.479 e. The molecule has 0 bridgehead atoms. The Hall–Kier alpha value is -3.73. The number of carboxylic acids is 1. The number of allylic oxidation sites excluding steroid dienone is 3. The van der Waals surface area contributed by atoms with Gasteiger partial charge in [-0.2, -0.15) is 0 Å². The first-order chi connectivity index (χ1) is 41.6. The molecule has 12 N–H and O–H groups in total. The summed E-state index contributed by atoms with van der Waals surface area (Å²) in [4.78, 5) is 67.7. The third kappa shape index (κ3) is 11.8. The van der Waals surface area contributed by atoms with Gasteiger partial charge >= 0.3 is 23.9 Å². The summed E-state index contributed by atoms with van der Waals surface area (Å²) in [6.45, 7) is 15.0. The molecule has 0 spiro atoms. The van der Waals surface area contributed by atoms with Gasteiger partial charge in [0, 0.05) is 24.8 Å². The molecule has 30 atom stereocenters. The van der Waals surface area contributed by atoms with E-state index in [1.807, 2.05) is 13.8 Å². The minimum atomic E-state index is -2.29. The SMILES string of the molecule is CC=C(C)C(=O)O[C@H]1[C@H](OC(C)=O)[C@]2(CO)[C@H](OC(C)=O)C[C@]3(C)C(=CC[C@@H]4[C@@]5(C)CC[C@H](O[C@@H]6O[C@H](C(=O)O)[C@@H](O)[C@H](O[C@@H]7OC[C@H](O)[C@H](O)[C@H]7O[C@@H]7OC[C@@H](O)[C@H](O)[C@H]7O)[C@H]6O[C@@H]6O[C@H](CO)[C@H](O)[C@H](O)[C@H]6O)[C@@](C)(C=O)[C@@H]5CC[C@]43C)[C@@H]2CC1(C)C. The van der Waals surface area contributed by atoms with Crippen molar-refractivity contribution in [2.45, 2.75) is 249 Å². The zero-order valence-electron chi connectivity index (χ0n) is 51.8. The van der Waals surface area contributed by atoms with Crippen LogP contribution in [0.1, 0.15) is 114 Å². The third-order valence-electron chi connectivity index (χ3n) is 22.5. The number of carbonyl (C=O) groups excluding carboxylic acids is 4. The van der Waals surface area contributed by atoms with Crippen LogP contribution in [-0.2, 0) is 76.1 Å². The van der Waals surface area contributed by atoms with Crippen LogP contribution in [0.25, 0.3) is 0 Å². The summed E-state index contributed by atoms with van der Waals surface area (Å²) in [6.07, 6.45) is -32.6. The van der Waals surface area contributed by atoms with Gasteiger partial charge in [0.2, 0.25) is 0 Å². The lowest BCUT2D eigenvalue weighted by atomic mass is 9.33. The monoisotopic (exact) mass is 1270 g/mol. The molecule has 9 aliphatic rings.